The van der Waals surface area contributed by atoms with E-state index in [0.29, 0.717) is 42.5 Å². The lowest BCUT2D eigenvalue weighted by molar-refractivity contribution is -0.384. The van der Waals surface area contributed by atoms with Crippen molar-refractivity contribution in [3.8, 4) is 22.7 Å². The molecule has 0 radical (unpaired) electrons. The first kappa shape index (κ1) is 25.6. The van der Waals surface area contributed by atoms with Gasteiger partial charge in [-0.2, -0.15) is 5.10 Å². The van der Waals surface area contributed by atoms with Gasteiger partial charge in [-0.15, -0.1) is 0 Å². The Hall–Kier alpha value is -4.50. The zero-order chi connectivity index (χ0) is 26.4. The topological polar surface area (TPSA) is 93.7 Å². The predicted octanol–water partition coefficient (Wildman–Crippen LogP) is 4.66. The van der Waals surface area contributed by atoms with Crippen LogP contribution < -0.4 is 4.74 Å². The number of hydrogen-bond donors (Lipinski definition) is 0. The molecule has 0 unspecified atom stereocenters. The lowest BCUT2D eigenvalue weighted by Gasteiger charge is -2.25. The number of rotatable bonds is 10. The maximum absolute atomic E-state index is 14.0. The number of likely N-dealkylation sites (N-methyl/N-ethyl adjacent to an activating group) is 1. The molecule has 0 atom stereocenters. The van der Waals surface area contributed by atoms with Gasteiger partial charge in [0.05, 0.1) is 23.4 Å². The fraction of sp³-hybridized carbons (Fsp3) is 0.214. The molecule has 0 saturated carbocycles. The molecule has 190 valence electrons. The van der Waals surface area contributed by atoms with Gasteiger partial charge in [-0.3, -0.25) is 14.9 Å². The lowest BCUT2D eigenvalue weighted by Crippen LogP contribution is -2.37. The smallest absolute Gasteiger partial charge is 0.272 e. The number of ether oxygens (including phenoxy) is 1. The molecule has 0 aliphatic rings. The number of aromatic nitrogens is 2. The van der Waals surface area contributed by atoms with Crippen molar-refractivity contribution in [1.29, 1.82) is 0 Å². The minimum absolute atomic E-state index is 0.0776. The summed E-state index contributed by atoms with van der Waals surface area (Å²) in [5.41, 5.74) is 3.05. The summed E-state index contributed by atoms with van der Waals surface area (Å²) in [6.07, 6.45) is 0. The summed E-state index contributed by atoms with van der Waals surface area (Å²) in [4.78, 5) is 28.8. The number of nitrogens with zero attached hydrogens (tertiary/aromatic N) is 5. The largest absolute Gasteiger partial charge is 0.497 e. The van der Waals surface area contributed by atoms with Crippen molar-refractivity contribution in [3.05, 3.63) is 106 Å². The van der Waals surface area contributed by atoms with Gasteiger partial charge in [-0.25, -0.2) is 4.68 Å². The molecule has 0 aliphatic carbocycles. The van der Waals surface area contributed by atoms with Gasteiger partial charge in [0.15, 0.2) is 0 Å². The Morgan fingerprint density at radius 2 is 1.70 bits per heavy atom. The molecule has 0 fully saturated rings. The van der Waals surface area contributed by atoms with Crippen LogP contribution in [0.2, 0.25) is 0 Å². The molecule has 3 aromatic carbocycles. The summed E-state index contributed by atoms with van der Waals surface area (Å²) < 4.78 is 6.75. The normalized spacial score (nSPS) is 10.9. The summed E-state index contributed by atoms with van der Waals surface area (Å²) in [6.45, 7) is 1.60. The molecule has 4 aromatic rings. The predicted molar refractivity (Wildman–Crippen MR) is 142 cm³/mol. The highest BCUT2D eigenvalue weighted by atomic mass is 16.6. The third kappa shape index (κ3) is 6.20. The molecule has 0 saturated heterocycles. The highest BCUT2D eigenvalue weighted by Gasteiger charge is 2.24. The minimum atomic E-state index is -0.461. The van der Waals surface area contributed by atoms with Crippen molar-refractivity contribution in [1.82, 2.24) is 19.6 Å². The van der Waals surface area contributed by atoms with Crippen LogP contribution >= 0.6 is 0 Å². The van der Waals surface area contributed by atoms with Crippen molar-refractivity contribution in [3.63, 3.8) is 0 Å². The van der Waals surface area contributed by atoms with E-state index < -0.39 is 4.92 Å². The third-order valence-corrected chi connectivity index (χ3v) is 5.92. The van der Waals surface area contributed by atoms with E-state index in [1.165, 1.54) is 16.8 Å². The summed E-state index contributed by atoms with van der Waals surface area (Å²) in [6, 6.07) is 25.0. The zero-order valence-electron chi connectivity index (χ0n) is 21.1. The molecule has 9 nitrogen and oxygen atoms in total. The van der Waals surface area contributed by atoms with Crippen LogP contribution in [0.4, 0.5) is 5.69 Å². The van der Waals surface area contributed by atoms with Crippen molar-refractivity contribution < 1.29 is 14.5 Å². The van der Waals surface area contributed by atoms with Crippen LogP contribution in [0.3, 0.4) is 0 Å². The number of nitro groups is 1. The number of hydrogen-bond acceptors (Lipinski definition) is 6. The second kappa shape index (κ2) is 11.5. The molecule has 0 spiro atoms. The molecule has 1 aromatic heterocycles. The SMILES string of the molecule is COc1ccc(-c2cc(C(=O)N(CCN(C)C)Cc3ccccc3)n(-c3cccc([N+](=O)[O-])c3)n2)cc1. The van der Waals surface area contributed by atoms with E-state index in [0.717, 1.165) is 11.1 Å². The Labute approximate surface area is 215 Å². The molecule has 4 rings (SSSR count). The Bertz CT molecular complexity index is 1370. The fourth-order valence-corrected chi connectivity index (χ4v) is 3.91. The number of carbonyl (C=O) groups is 1. The van der Waals surface area contributed by atoms with Gasteiger partial charge in [-0.1, -0.05) is 36.4 Å². The molecule has 0 aliphatic heterocycles. The standard InChI is InChI=1S/C28H29N5O4/c1-30(2)16-17-31(20-21-8-5-4-6-9-21)28(34)27-19-26(22-12-14-25(37-3)15-13-22)29-32(27)23-10-7-11-24(18-23)33(35)36/h4-15,18-19H,16-17,20H2,1-3H3. The Kier molecular flexibility index (Phi) is 7.95. The molecule has 1 heterocycles. The minimum Gasteiger partial charge on any atom is -0.497 e. The quantitative estimate of drug-likeness (QED) is 0.233. The van der Waals surface area contributed by atoms with E-state index in [1.54, 1.807) is 30.2 Å². The Morgan fingerprint density at radius 3 is 2.35 bits per heavy atom. The van der Waals surface area contributed by atoms with Gasteiger partial charge in [0.2, 0.25) is 0 Å². The summed E-state index contributed by atoms with van der Waals surface area (Å²) in [7, 11) is 5.51. The van der Waals surface area contributed by atoms with Crippen molar-refractivity contribution in [2.45, 2.75) is 6.54 Å². The van der Waals surface area contributed by atoms with Gasteiger partial charge >= 0.3 is 0 Å². The zero-order valence-corrected chi connectivity index (χ0v) is 21.1. The summed E-state index contributed by atoms with van der Waals surface area (Å²) in [5.74, 6) is 0.486. The van der Waals surface area contributed by atoms with Crippen molar-refractivity contribution in [2.24, 2.45) is 0 Å². The third-order valence-electron chi connectivity index (χ3n) is 5.92. The van der Waals surface area contributed by atoms with Gasteiger partial charge < -0.3 is 14.5 Å². The molecule has 37 heavy (non-hydrogen) atoms. The first-order valence-electron chi connectivity index (χ1n) is 11.8. The van der Waals surface area contributed by atoms with E-state index in [2.05, 4.69) is 0 Å². The number of carbonyl (C=O) groups excluding carboxylic acids is 1. The first-order valence-corrected chi connectivity index (χ1v) is 11.8. The molecule has 1 amide bonds. The Balaban J connectivity index is 1.79. The molecule has 0 bridgehead atoms. The summed E-state index contributed by atoms with van der Waals surface area (Å²) in [5, 5.41) is 16.1. The van der Waals surface area contributed by atoms with Gasteiger partial charge in [0, 0.05) is 37.3 Å². The second-order valence-corrected chi connectivity index (χ2v) is 8.85. The molecular weight excluding hydrogens is 470 g/mol. The van der Waals surface area contributed by atoms with Crippen LogP contribution in [-0.2, 0) is 6.54 Å². The van der Waals surface area contributed by atoms with Gasteiger partial charge in [0.25, 0.3) is 11.6 Å². The highest BCUT2D eigenvalue weighted by molar-refractivity contribution is 5.94. The van der Waals surface area contributed by atoms with Crippen LogP contribution in [-0.4, -0.2) is 64.7 Å². The van der Waals surface area contributed by atoms with Crippen molar-refractivity contribution in [2.75, 3.05) is 34.3 Å². The van der Waals surface area contributed by atoms with Crippen LogP contribution in [0.25, 0.3) is 16.9 Å². The summed E-state index contributed by atoms with van der Waals surface area (Å²) >= 11 is 0. The number of amides is 1. The average Bonchev–Trinajstić information content (AvgIpc) is 3.37. The van der Waals surface area contributed by atoms with E-state index in [1.807, 2.05) is 73.6 Å². The second-order valence-electron chi connectivity index (χ2n) is 8.85. The maximum Gasteiger partial charge on any atom is 0.272 e. The van der Waals surface area contributed by atoms with Gasteiger partial charge in [0.1, 0.15) is 11.4 Å². The lowest BCUT2D eigenvalue weighted by atomic mass is 10.1. The Morgan fingerprint density at radius 1 is 0.973 bits per heavy atom. The van der Waals surface area contributed by atoms with E-state index in [4.69, 9.17) is 9.84 Å². The van der Waals surface area contributed by atoms with Gasteiger partial charge in [-0.05, 0) is 56.1 Å². The van der Waals surface area contributed by atoms with Crippen LogP contribution in [0.1, 0.15) is 16.1 Å². The van der Waals surface area contributed by atoms with Crippen LogP contribution in [0.5, 0.6) is 5.75 Å². The molecule has 0 N–H and O–H groups in total. The van der Waals surface area contributed by atoms with Crippen LogP contribution in [0, 0.1) is 10.1 Å². The average molecular weight is 500 g/mol. The number of benzene rings is 3. The van der Waals surface area contributed by atoms with E-state index >= 15 is 0 Å². The number of nitro benzene ring substituents is 1. The molecular formula is C28H29N5O4. The number of non-ortho nitro benzene ring substituents is 1. The van der Waals surface area contributed by atoms with Crippen molar-refractivity contribution >= 4 is 11.6 Å². The fourth-order valence-electron chi connectivity index (χ4n) is 3.91. The maximum atomic E-state index is 14.0. The highest BCUT2D eigenvalue weighted by Crippen LogP contribution is 2.26. The van der Waals surface area contributed by atoms with E-state index in [-0.39, 0.29) is 11.6 Å². The number of methoxy groups -OCH3 is 1. The van der Waals surface area contributed by atoms with Crippen LogP contribution in [0.15, 0.2) is 84.9 Å². The molecule has 9 heteroatoms. The van der Waals surface area contributed by atoms with E-state index in [9.17, 15) is 14.9 Å². The first-order chi connectivity index (χ1) is 17.9. The monoisotopic (exact) mass is 499 g/mol.